The van der Waals surface area contributed by atoms with E-state index in [9.17, 15) is 0 Å². The van der Waals surface area contributed by atoms with Crippen LogP contribution in [-0.4, -0.2) is 38.5 Å². The van der Waals surface area contributed by atoms with Crippen molar-refractivity contribution in [1.29, 1.82) is 0 Å². The molecule has 0 spiro atoms. The molecule has 58 valence electrons. The van der Waals surface area contributed by atoms with Gasteiger partial charge in [0, 0.05) is 0 Å². The Bertz CT molecular complexity index is 77.6. The molecule has 0 saturated heterocycles. The molecule has 0 rings (SSSR count). The van der Waals surface area contributed by atoms with E-state index >= 15 is 0 Å². The molecule has 0 aliphatic rings. The van der Waals surface area contributed by atoms with Crippen LogP contribution in [0.3, 0.4) is 0 Å². The number of rotatable bonds is 0. The van der Waals surface area contributed by atoms with Crippen LogP contribution in [0, 0.1) is 0 Å². The maximum absolute atomic E-state index is 8.93. The third kappa shape index (κ3) is 28.1. The molecular formula is C2H6BeO7. The summed E-state index contributed by atoms with van der Waals surface area (Å²) in [5.41, 5.74) is 0. The number of carbonyl (C=O) groups is 2. The molecule has 8 heteroatoms. The van der Waals surface area contributed by atoms with Gasteiger partial charge in [0.1, 0.15) is 0 Å². The largest absolute Gasteiger partial charge is 2.00 e. The number of carboxylic acids is 2. The van der Waals surface area contributed by atoms with Gasteiger partial charge in [0.15, 0.2) is 0 Å². The monoisotopic (exact) mass is 151 g/mol. The molecule has 10 heavy (non-hydrogen) atoms. The maximum Gasteiger partial charge on any atom is 2.00 e. The molecule has 0 aliphatic heterocycles. The van der Waals surface area contributed by atoms with E-state index in [2.05, 4.69) is 0 Å². The normalized spacial score (nSPS) is 4.40. The van der Waals surface area contributed by atoms with Crippen LogP contribution in [0.25, 0.3) is 0 Å². The van der Waals surface area contributed by atoms with E-state index < -0.39 is 11.9 Å². The number of aliphatic carboxylic acids is 2. The molecule has 0 amide bonds. The number of carboxylic acid groups (broad SMARTS) is 2. The second kappa shape index (κ2) is 15.7. The van der Waals surface area contributed by atoms with Crippen molar-refractivity contribution in [2.45, 2.75) is 0 Å². The minimum Gasteiger partial charge on any atom is -0.543 e. The molecule has 6 N–H and O–H groups in total. The summed E-state index contributed by atoms with van der Waals surface area (Å²) in [6.45, 7) is 0. The zero-order valence-corrected chi connectivity index (χ0v) is 4.84. The number of hydrogen-bond acceptors (Lipinski definition) is 4. The van der Waals surface area contributed by atoms with Crippen molar-refractivity contribution in [3.8, 4) is 0 Å². The Morgan fingerprint density at radius 1 is 0.800 bits per heavy atom. The first-order valence-electron chi connectivity index (χ1n) is 1.07. The van der Waals surface area contributed by atoms with Gasteiger partial charge in [0.05, 0.1) is 11.9 Å². The van der Waals surface area contributed by atoms with Crippen LogP contribution < -0.4 is 10.2 Å². The van der Waals surface area contributed by atoms with Gasteiger partial charge >= 0.3 is 10.1 Å². The van der Waals surface area contributed by atoms with E-state index in [1.54, 1.807) is 0 Å². The molecule has 0 aromatic rings. The third-order valence-corrected chi connectivity index (χ3v) is 0.167. The Kier molecular flexibility index (Phi) is 56.5. The fraction of sp³-hybridized carbons (Fsp3) is 0. The zero-order chi connectivity index (χ0) is 5.15. The molecule has 0 bridgehead atoms. The second-order valence-electron chi connectivity index (χ2n) is 0.575. The molecule has 0 aromatic carbocycles. The van der Waals surface area contributed by atoms with Crippen LogP contribution in [0.1, 0.15) is 0 Å². The molecule has 0 aliphatic carbocycles. The molecule has 0 fully saturated rings. The van der Waals surface area contributed by atoms with E-state index in [0.717, 1.165) is 0 Å². The van der Waals surface area contributed by atoms with Gasteiger partial charge < -0.3 is 36.2 Å². The quantitative estimate of drug-likeness (QED) is 0.247. The molecule has 0 atom stereocenters. The van der Waals surface area contributed by atoms with Gasteiger partial charge in [-0.3, -0.25) is 0 Å². The summed E-state index contributed by atoms with van der Waals surface area (Å²) in [5, 5.41) is 17.9. The molecule has 0 radical (unpaired) electrons. The van der Waals surface area contributed by atoms with E-state index in [1.807, 2.05) is 0 Å². The van der Waals surface area contributed by atoms with Gasteiger partial charge in [-0.15, -0.1) is 0 Å². The summed E-state index contributed by atoms with van der Waals surface area (Å²) in [7, 11) is 0. The Balaban J connectivity index is -0.0000000208. The maximum atomic E-state index is 8.93. The van der Waals surface area contributed by atoms with Crippen LogP contribution in [0.2, 0.25) is 0 Å². The van der Waals surface area contributed by atoms with Crippen molar-refractivity contribution in [2.24, 2.45) is 0 Å². The summed E-state index contributed by atoms with van der Waals surface area (Å²) >= 11 is 0. The summed E-state index contributed by atoms with van der Waals surface area (Å²) in [6, 6.07) is 0. The molecule has 0 heterocycles. The first-order valence-corrected chi connectivity index (χ1v) is 1.07. The standard InChI is InChI=1S/C2H2O4.Be.3H2O/c3-1(4)2(5)6;;;;/h(H,3,4)(H,5,6);;3*1H2/q;+2;;;/p-2. The first kappa shape index (κ1) is 36.1. The molecular weight excluding hydrogens is 145 g/mol. The minimum absolute atomic E-state index is 0. The van der Waals surface area contributed by atoms with Crippen molar-refractivity contribution in [3.63, 3.8) is 0 Å². The van der Waals surface area contributed by atoms with Crippen molar-refractivity contribution in [2.75, 3.05) is 0 Å². The van der Waals surface area contributed by atoms with E-state index in [-0.39, 0.29) is 26.5 Å². The Hall–Kier alpha value is -1.01. The van der Waals surface area contributed by atoms with Gasteiger partial charge in [-0.1, -0.05) is 0 Å². The third-order valence-electron chi connectivity index (χ3n) is 0.167. The van der Waals surface area contributed by atoms with E-state index in [1.165, 1.54) is 0 Å². The topological polar surface area (TPSA) is 175 Å². The zero-order valence-electron chi connectivity index (χ0n) is 4.84. The molecule has 7 nitrogen and oxygen atoms in total. The molecule has 0 aromatic heterocycles. The number of hydrogen-bond donors (Lipinski definition) is 0. The average Bonchev–Trinajstić information content (AvgIpc) is 1.36. The SMILES string of the molecule is O.O.O.O=C([O-])C(=O)[O-].[Be+2]. The predicted octanol–water partition coefficient (Wildman–Crippen LogP) is -6.37. The Labute approximate surface area is 59.4 Å². The van der Waals surface area contributed by atoms with Crippen LogP contribution >= 0.6 is 0 Å². The summed E-state index contributed by atoms with van der Waals surface area (Å²) in [4.78, 5) is 17.9. The molecule has 0 saturated carbocycles. The fourth-order valence-electron chi connectivity index (χ4n) is 0. The van der Waals surface area contributed by atoms with Crippen molar-refractivity contribution in [1.82, 2.24) is 0 Å². The summed E-state index contributed by atoms with van der Waals surface area (Å²) < 4.78 is 0. The number of carbonyl (C=O) groups excluding carboxylic acids is 2. The van der Waals surface area contributed by atoms with Crippen LogP contribution in [0.15, 0.2) is 0 Å². The van der Waals surface area contributed by atoms with E-state index in [0.29, 0.717) is 0 Å². The predicted molar refractivity (Wildman–Crippen MR) is 26.6 cm³/mol. The minimum atomic E-state index is -2.19. The van der Waals surface area contributed by atoms with Crippen LogP contribution in [-0.2, 0) is 9.59 Å². The van der Waals surface area contributed by atoms with E-state index in [4.69, 9.17) is 19.8 Å². The smallest absolute Gasteiger partial charge is 0.543 e. The fourth-order valence-corrected chi connectivity index (χ4v) is 0. The van der Waals surface area contributed by atoms with Gasteiger partial charge in [-0.25, -0.2) is 0 Å². The Morgan fingerprint density at radius 3 is 0.900 bits per heavy atom. The second-order valence-corrected chi connectivity index (χ2v) is 0.575. The molecule has 0 unspecified atom stereocenters. The van der Waals surface area contributed by atoms with Gasteiger partial charge in [0.25, 0.3) is 0 Å². The van der Waals surface area contributed by atoms with Crippen LogP contribution in [0.4, 0.5) is 0 Å². The van der Waals surface area contributed by atoms with Crippen molar-refractivity contribution >= 4 is 22.1 Å². The van der Waals surface area contributed by atoms with Crippen molar-refractivity contribution < 1.29 is 36.2 Å². The van der Waals surface area contributed by atoms with Crippen molar-refractivity contribution in [3.05, 3.63) is 0 Å². The first-order chi connectivity index (χ1) is 2.64. The average molecular weight is 151 g/mol. The summed E-state index contributed by atoms with van der Waals surface area (Å²) in [6.07, 6.45) is 0. The van der Waals surface area contributed by atoms with Gasteiger partial charge in [-0.2, -0.15) is 0 Å². The summed E-state index contributed by atoms with van der Waals surface area (Å²) in [5.74, 6) is -4.37. The van der Waals surface area contributed by atoms with Crippen LogP contribution in [0.5, 0.6) is 0 Å². The van der Waals surface area contributed by atoms with Gasteiger partial charge in [-0.05, 0) is 0 Å². The Morgan fingerprint density at radius 2 is 0.900 bits per heavy atom. The van der Waals surface area contributed by atoms with Gasteiger partial charge in [0.2, 0.25) is 0 Å².